The average molecular weight is 464 g/mol. The van der Waals surface area contributed by atoms with E-state index < -0.39 is 51.7 Å². The first-order valence-corrected chi connectivity index (χ1v) is 10.1. The molecule has 1 aromatic carbocycles. The van der Waals surface area contributed by atoms with Gasteiger partial charge in [0, 0.05) is 12.1 Å². The van der Waals surface area contributed by atoms with Gasteiger partial charge in [0.1, 0.15) is 11.6 Å². The number of Topliss-reactive ketones (excluding diaryl/α,β-unsaturated/α-hetero) is 1. The number of hydrogen-bond acceptors (Lipinski definition) is 4. The van der Waals surface area contributed by atoms with Gasteiger partial charge in [-0.15, -0.1) is 0 Å². The van der Waals surface area contributed by atoms with Gasteiger partial charge in [-0.3, -0.25) is 14.4 Å². The van der Waals surface area contributed by atoms with Crippen LogP contribution in [0.2, 0.25) is 0 Å². The molecule has 1 aliphatic heterocycles. The fourth-order valence-electron chi connectivity index (χ4n) is 4.43. The molecule has 0 bridgehead atoms. The van der Waals surface area contributed by atoms with Crippen LogP contribution in [-0.2, 0) is 16.1 Å². The summed E-state index contributed by atoms with van der Waals surface area (Å²) in [7, 11) is 0. The van der Waals surface area contributed by atoms with E-state index in [4.69, 9.17) is 4.42 Å². The standard InChI is InChI=1S/C23H20F4N2O4/c1-21(2)10-16-18(17(30)11-21)22(23(25,26)27,20(32)29(16)12-13-6-5-9-33-13)28-19(31)14-7-3-4-8-15(14)24/h3-9H,10-12H2,1-2H3,(H,28,31)/t22-/m1/s1. The van der Waals surface area contributed by atoms with Gasteiger partial charge in [0.2, 0.25) is 5.54 Å². The second-order valence-electron chi connectivity index (χ2n) is 8.92. The number of hydrogen-bond donors (Lipinski definition) is 1. The van der Waals surface area contributed by atoms with Gasteiger partial charge in [0.25, 0.3) is 11.8 Å². The van der Waals surface area contributed by atoms with Crippen molar-refractivity contribution in [2.75, 3.05) is 0 Å². The van der Waals surface area contributed by atoms with Crippen molar-refractivity contribution < 1.29 is 36.4 Å². The summed E-state index contributed by atoms with van der Waals surface area (Å²) in [4.78, 5) is 40.1. The minimum Gasteiger partial charge on any atom is -0.467 e. The van der Waals surface area contributed by atoms with Crippen molar-refractivity contribution in [3.8, 4) is 0 Å². The lowest BCUT2D eigenvalue weighted by molar-refractivity contribution is -0.191. The summed E-state index contributed by atoms with van der Waals surface area (Å²) in [5.74, 6) is -4.75. The van der Waals surface area contributed by atoms with E-state index in [1.165, 1.54) is 30.5 Å². The van der Waals surface area contributed by atoms with Crippen molar-refractivity contribution in [2.45, 2.75) is 44.9 Å². The molecule has 1 aromatic heterocycles. The van der Waals surface area contributed by atoms with E-state index in [1.807, 2.05) is 0 Å². The van der Waals surface area contributed by atoms with Crippen molar-refractivity contribution in [3.05, 3.63) is 71.1 Å². The molecule has 0 radical (unpaired) electrons. The van der Waals surface area contributed by atoms with E-state index >= 15 is 0 Å². The summed E-state index contributed by atoms with van der Waals surface area (Å²) in [5.41, 5.74) is -5.97. The predicted molar refractivity (Wildman–Crippen MR) is 107 cm³/mol. The van der Waals surface area contributed by atoms with Crippen LogP contribution in [0.15, 0.2) is 58.3 Å². The molecule has 10 heteroatoms. The van der Waals surface area contributed by atoms with Crippen LogP contribution in [0.25, 0.3) is 0 Å². The van der Waals surface area contributed by atoms with Crippen molar-refractivity contribution >= 4 is 17.6 Å². The van der Waals surface area contributed by atoms with E-state index in [9.17, 15) is 31.9 Å². The van der Waals surface area contributed by atoms with E-state index in [0.29, 0.717) is 0 Å². The summed E-state index contributed by atoms with van der Waals surface area (Å²) in [6.07, 6.45) is -4.33. The van der Waals surface area contributed by atoms with E-state index in [1.54, 1.807) is 19.2 Å². The van der Waals surface area contributed by atoms with Crippen LogP contribution in [0.5, 0.6) is 0 Å². The highest BCUT2D eigenvalue weighted by atomic mass is 19.4. The number of nitrogens with zero attached hydrogens (tertiary/aromatic N) is 1. The third-order valence-electron chi connectivity index (χ3n) is 5.86. The number of ketones is 1. The van der Waals surface area contributed by atoms with Gasteiger partial charge >= 0.3 is 6.18 Å². The quantitative estimate of drug-likeness (QED) is 0.690. The van der Waals surface area contributed by atoms with Crippen molar-refractivity contribution in [2.24, 2.45) is 5.41 Å². The summed E-state index contributed by atoms with van der Waals surface area (Å²) < 4.78 is 63.3. The lowest BCUT2D eigenvalue weighted by Gasteiger charge is -2.35. The summed E-state index contributed by atoms with van der Waals surface area (Å²) >= 11 is 0. The molecule has 0 saturated heterocycles. The van der Waals surface area contributed by atoms with Gasteiger partial charge in [0.05, 0.1) is 23.9 Å². The van der Waals surface area contributed by atoms with Crippen LogP contribution in [-0.4, -0.2) is 34.2 Å². The molecule has 1 N–H and O–H groups in total. The minimum absolute atomic E-state index is 0.00603. The van der Waals surface area contributed by atoms with Gasteiger partial charge in [-0.1, -0.05) is 26.0 Å². The maximum Gasteiger partial charge on any atom is 0.425 e. The highest BCUT2D eigenvalue weighted by molar-refractivity contribution is 6.14. The van der Waals surface area contributed by atoms with Crippen LogP contribution < -0.4 is 5.32 Å². The lowest BCUT2D eigenvalue weighted by Crippen LogP contribution is -2.66. The zero-order chi connectivity index (χ0) is 24.2. The number of rotatable bonds is 4. The number of furan rings is 1. The Bertz CT molecular complexity index is 1170. The molecule has 6 nitrogen and oxygen atoms in total. The zero-order valence-corrected chi connectivity index (χ0v) is 17.8. The highest BCUT2D eigenvalue weighted by Gasteiger charge is 2.71. The molecular weight excluding hydrogens is 444 g/mol. The maximum atomic E-state index is 14.7. The molecule has 2 aromatic rings. The molecule has 0 fully saturated rings. The molecule has 33 heavy (non-hydrogen) atoms. The fraction of sp³-hybridized carbons (Fsp3) is 0.348. The Morgan fingerprint density at radius 1 is 1.12 bits per heavy atom. The number of carbonyl (C=O) groups is 3. The number of nitrogens with one attached hydrogen (secondary N) is 1. The lowest BCUT2D eigenvalue weighted by atomic mass is 9.72. The molecule has 4 rings (SSSR count). The molecule has 2 heterocycles. The van der Waals surface area contributed by atoms with E-state index in [2.05, 4.69) is 0 Å². The summed E-state index contributed by atoms with van der Waals surface area (Å²) in [6, 6.07) is 7.44. The second-order valence-corrected chi connectivity index (χ2v) is 8.92. The van der Waals surface area contributed by atoms with Crippen LogP contribution in [0.4, 0.5) is 17.6 Å². The zero-order valence-electron chi connectivity index (χ0n) is 17.8. The molecular formula is C23H20F4N2O4. The van der Waals surface area contributed by atoms with Crippen LogP contribution in [0, 0.1) is 11.2 Å². The number of halogens is 4. The van der Waals surface area contributed by atoms with E-state index in [-0.39, 0.29) is 30.8 Å². The predicted octanol–water partition coefficient (Wildman–Crippen LogP) is 4.14. The summed E-state index contributed by atoms with van der Waals surface area (Å²) in [5, 5.41) is 1.70. The summed E-state index contributed by atoms with van der Waals surface area (Å²) in [6.45, 7) is 3.05. The molecule has 0 unspecified atom stereocenters. The van der Waals surface area contributed by atoms with Crippen molar-refractivity contribution in [3.63, 3.8) is 0 Å². The van der Waals surface area contributed by atoms with Gasteiger partial charge in [-0.25, -0.2) is 4.39 Å². The first-order chi connectivity index (χ1) is 15.4. The number of carbonyl (C=O) groups excluding carboxylic acids is 3. The Morgan fingerprint density at radius 2 is 1.82 bits per heavy atom. The number of benzene rings is 1. The van der Waals surface area contributed by atoms with Gasteiger partial charge in [-0.05, 0) is 36.1 Å². The van der Waals surface area contributed by atoms with Gasteiger partial charge < -0.3 is 14.6 Å². The van der Waals surface area contributed by atoms with Crippen LogP contribution >= 0.6 is 0 Å². The largest absolute Gasteiger partial charge is 0.467 e. The number of allylic oxidation sites excluding steroid dienone is 1. The molecule has 1 aliphatic carbocycles. The SMILES string of the molecule is CC1(C)CC(=O)C2=C(C1)N(Cc1ccco1)C(=O)[C@@]2(NC(=O)c1ccccc1F)C(F)(F)F. The normalized spacial score (nSPS) is 22.5. The molecule has 0 saturated carbocycles. The number of alkyl halides is 3. The van der Waals surface area contributed by atoms with E-state index in [0.717, 1.165) is 17.0 Å². The monoisotopic (exact) mass is 464 g/mol. The average Bonchev–Trinajstić information content (AvgIpc) is 3.28. The Morgan fingerprint density at radius 3 is 2.42 bits per heavy atom. The van der Waals surface area contributed by atoms with Crippen molar-refractivity contribution in [1.82, 2.24) is 10.2 Å². The topological polar surface area (TPSA) is 79.6 Å². The van der Waals surface area contributed by atoms with Crippen LogP contribution in [0.1, 0.15) is 42.8 Å². The molecule has 0 spiro atoms. The van der Waals surface area contributed by atoms with Gasteiger partial charge in [-0.2, -0.15) is 13.2 Å². The minimum atomic E-state index is -5.37. The Kier molecular flexibility index (Phi) is 5.22. The molecule has 174 valence electrons. The Hall–Kier alpha value is -3.43. The van der Waals surface area contributed by atoms with Crippen LogP contribution in [0.3, 0.4) is 0 Å². The first kappa shape index (κ1) is 22.8. The first-order valence-electron chi connectivity index (χ1n) is 10.1. The van der Waals surface area contributed by atoms with Crippen molar-refractivity contribution in [1.29, 1.82) is 0 Å². The second kappa shape index (κ2) is 7.57. The number of amides is 2. The fourth-order valence-corrected chi connectivity index (χ4v) is 4.43. The van der Waals surface area contributed by atoms with Gasteiger partial charge in [0.15, 0.2) is 5.78 Å². The molecule has 1 atom stereocenters. The highest BCUT2D eigenvalue weighted by Crippen LogP contribution is 2.52. The molecule has 2 aliphatic rings. The smallest absolute Gasteiger partial charge is 0.425 e. The Labute approximate surface area is 186 Å². The maximum absolute atomic E-state index is 14.7. The Balaban J connectivity index is 1.89. The third-order valence-corrected chi connectivity index (χ3v) is 5.86. The molecule has 2 amide bonds. The third kappa shape index (κ3) is 3.63.